The van der Waals surface area contributed by atoms with Crippen LogP contribution in [0.4, 0.5) is 22.7 Å². The van der Waals surface area contributed by atoms with E-state index in [1.807, 2.05) is 0 Å². The van der Waals surface area contributed by atoms with E-state index in [9.17, 15) is 0 Å². The van der Waals surface area contributed by atoms with Crippen LogP contribution in [0.5, 0.6) is 0 Å². The number of fused-ring (bicyclic) bond motifs is 4. The third-order valence-corrected chi connectivity index (χ3v) is 12.1. The largest absolute Gasteiger partial charge is 0.355 e. The molecule has 0 aromatic heterocycles. The van der Waals surface area contributed by atoms with Crippen molar-refractivity contribution in [3.8, 4) is 44.5 Å². The Bertz CT molecular complexity index is 2930. The first-order chi connectivity index (χ1) is 28.4. The van der Waals surface area contributed by atoms with Crippen molar-refractivity contribution in [1.29, 1.82) is 0 Å². The second-order valence-electron chi connectivity index (χ2n) is 16.4. The molecule has 0 heterocycles. The molecular formula is C56H46N2. The van der Waals surface area contributed by atoms with Crippen molar-refractivity contribution < 1.29 is 0 Å². The van der Waals surface area contributed by atoms with Gasteiger partial charge in [0.15, 0.2) is 0 Å². The highest BCUT2D eigenvalue weighted by Crippen LogP contribution is 2.53. The van der Waals surface area contributed by atoms with Crippen molar-refractivity contribution in [3.63, 3.8) is 0 Å². The third kappa shape index (κ3) is 6.51. The van der Waals surface area contributed by atoms with Gasteiger partial charge in [-0.25, -0.2) is 0 Å². The molecule has 0 aliphatic heterocycles. The lowest BCUT2D eigenvalue weighted by atomic mass is 9.78. The fraction of sp³-hybridized carbons (Fsp3) is 0.107. The predicted molar refractivity (Wildman–Crippen MR) is 248 cm³/mol. The van der Waals surface area contributed by atoms with Gasteiger partial charge in [0.2, 0.25) is 0 Å². The molecule has 0 saturated carbocycles. The summed E-state index contributed by atoms with van der Waals surface area (Å²) in [6, 6.07) is 64.3. The summed E-state index contributed by atoms with van der Waals surface area (Å²) in [5, 5.41) is 10.1. The Morgan fingerprint density at radius 2 is 1.10 bits per heavy atom. The minimum atomic E-state index is -0.155. The van der Waals surface area contributed by atoms with E-state index >= 15 is 0 Å². The molecule has 0 saturated heterocycles. The monoisotopic (exact) mass is 746 g/mol. The van der Waals surface area contributed by atoms with Crippen LogP contribution in [0.25, 0.3) is 60.9 Å². The fourth-order valence-electron chi connectivity index (χ4n) is 9.27. The highest BCUT2D eigenvalue weighted by atomic mass is 14.9. The minimum absolute atomic E-state index is 0.155. The zero-order chi connectivity index (χ0) is 39.2. The molecule has 0 spiro atoms. The average Bonchev–Trinajstić information content (AvgIpc) is 3.50. The standard InChI is InChI=1S/C56H46N2/c1-37-14-10-17-39(32-37)42-19-12-21-45(35-42)57-53-27-9-7-22-47(53)44-20-11-18-40(33-44)43-29-31-54(58-46-30-28-38-15-4-5-16-41(38)34-46)51(36-43)50-25-13-24-49-48-23-6-8-26-52(48)56(2,3)55(49)50/h4-31,33-37,57-58H,32H2,1-3H3. The van der Waals surface area contributed by atoms with Gasteiger partial charge in [-0.05, 0) is 127 Å². The summed E-state index contributed by atoms with van der Waals surface area (Å²) < 4.78 is 0. The molecule has 8 aromatic carbocycles. The predicted octanol–water partition coefficient (Wildman–Crippen LogP) is 15.6. The lowest BCUT2D eigenvalue weighted by molar-refractivity contribution is 0.662. The molecular weight excluding hydrogens is 701 g/mol. The zero-order valence-electron chi connectivity index (χ0n) is 33.3. The first-order valence-electron chi connectivity index (χ1n) is 20.5. The number of hydrogen-bond acceptors (Lipinski definition) is 2. The van der Waals surface area contributed by atoms with Crippen molar-refractivity contribution in [3.05, 3.63) is 211 Å². The summed E-state index contributed by atoms with van der Waals surface area (Å²) in [5.74, 6) is 0.551. The highest BCUT2D eigenvalue weighted by molar-refractivity contribution is 5.95. The normalized spacial score (nSPS) is 15.1. The van der Waals surface area contributed by atoms with Crippen LogP contribution in [0.15, 0.2) is 194 Å². The summed E-state index contributed by atoms with van der Waals surface area (Å²) in [7, 11) is 0. The molecule has 0 fully saturated rings. The molecule has 0 radical (unpaired) electrons. The average molecular weight is 747 g/mol. The van der Waals surface area contributed by atoms with Crippen LogP contribution in [-0.4, -0.2) is 0 Å². The molecule has 2 aliphatic rings. The van der Waals surface area contributed by atoms with Crippen LogP contribution in [0, 0.1) is 5.92 Å². The van der Waals surface area contributed by atoms with Gasteiger partial charge in [-0.2, -0.15) is 0 Å². The maximum atomic E-state index is 3.86. The maximum absolute atomic E-state index is 3.86. The van der Waals surface area contributed by atoms with E-state index in [2.05, 4.69) is 226 Å². The number of hydrogen-bond donors (Lipinski definition) is 2. The Labute approximate surface area is 342 Å². The van der Waals surface area contributed by atoms with Crippen molar-refractivity contribution in [2.75, 3.05) is 10.6 Å². The molecule has 2 heteroatoms. The molecule has 8 aromatic rings. The third-order valence-electron chi connectivity index (χ3n) is 12.1. The van der Waals surface area contributed by atoms with E-state index in [0.29, 0.717) is 5.92 Å². The molecule has 10 rings (SSSR count). The van der Waals surface area contributed by atoms with Crippen LogP contribution in [0.2, 0.25) is 0 Å². The van der Waals surface area contributed by atoms with Gasteiger partial charge in [0, 0.05) is 39.3 Å². The van der Waals surface area contributed by atoms with Crippen LogP contribution in [-0.2, 0) is 5.41 Å². The van der Waals surface area contributed by atoms with Gasteiger partial charge in [0.05, 0.1) is 0 Å². The number of benzene rings is 8. The SMILES string of the molecule is CC1C=CC=C(c2cccc(Nc3ccccc3-c3cccc(-c4ccc(Nc5ccc6ccccc6c5)c(-c5cccc6c5C(C)(C)c5ccccc5-6)c4)c3)c2)C1. The number of allylic oxidation sites excluding steroid dienone is 4. The zero-order valence-corrected chi connectivity index (χ0v) is 33.3. The van der Waals surface area contributed by atoms with E-state index in [1.54, 1.807) is 0 Å². The highest BCUT2D eigenvalue weighted by Gasteiger charge is 2.37. The molecule has 0 bridgehead atoms. The van der Waals surface area contributed by atoms with Crippen LogP contribution < -0.4 is 10.6 Å². The summed E-state index contributed by atoms with van der Waals surface area (Å²) in [4.78, 5) is 0. The molecule has 280 valence electrons. The summed E-state index contributed by atoms with van der Waals surface area (Å²) in [6.07, 6.45) is 7.78. The maximum Gasteiger partial charge on any atom is 0.0464 e. The molecule has 2 aliphatic carbocycles. The Morgan fingerprint density at radius 1 is 0.466 bits per heavy atom. The number of anilines is 4. The Hall–Kier alpha value is -6.90. The minimum Gasteiger partial charge on any atom is -0.355 e. The van der Waals surface area contributed by atoms with Gasteiger partial charge >= 0.3 is 0 Å². The van der Waals surface area contributed by atoms with Gasteiger partial charge in [-0.1, -0.05) is 166 Å². The van der Waals surface area contributed by atoms with Crippen LogP contribution >= 0.6 is 0 Å². The van der Waals surface area contributed by atoms with Gasteiger partial charge in [-0.3, -0.25) is 0 Å². The smallest absolute Gasteiger partial charge is 0.0464 e. The van der Waals surface area contributed by atoms with Gasteiger partial charge in [0.1, 0.15) is 0 Å². The van der Waals surface area contributed by atoms with Crippen LogP contribution in [0.1, 0.15) is 43.9 Å². The van der Waals surface area contributed by atoms with E-state index in [0.717, 1.165) is 29.2 Å². The van der Waals surface area contributed by atoms with Gasteiger partial charge in [-0.15, -0.1) is 0 Å². The van der Waals surface area contributed by atoms with E-state index in [1.165, 1.54) is 77.5 Å². The topological polar surface area (TPSA) is 24.1 Å². The summed E-state index contributed by atoms with van der Waals surface area (Å²) in [6.45, 7) is 7.02. The second kappa shape index (κ2) is 14.6. The molecule has 1 unspecified atom stereocenters. The summed E-state index contributed by atoms with van der Waals surface area (Å²) >= 11 is 0. The number of nitrogens with one attached hydrogen (secondary N) is 2. The van der Waals surface area contributed by atoms with Crippen molar-refractivity contribution in [2.24, 2.45) is 5.92 Å². The lowest BCUT2D eigenvalue weighted by Gasteiger charge is -2.26. The number of rotatable bonds is 8. The molecule has 58 heavy (non-hydrogen) atoms. The Balaban J connectivity index is 1.05. The molecule has 0 amide bonds. The van der Waals surface area contributed by atoms with E-state index < -0.39 is 0 Å². The van der Waals surface area contributed by atoms with Crippen molar-refractivity contribution in [1.82, 2.24) is 0 Å². The van der Waals surface area contributed by atoms with Crippen molar-refractivity contribution >= 4 is 39.1 Å². The first-order valence-corrected chi connectivity index (χ1v) is 20.5. The van der Waals surface area contributed by atoms with E-state index in [4.69, 9.17) is 0 Å². The first kappa shape index (κ1) is 35.5. The van der Waals surface area contributed by atoms with Crippen LogP contribution in [0.3, 0.4) is 0 Å². The summed E-state index contributed by atoms with van der Waals surface area (Å²) in [5.41, 5.74) is 19.3. The molecule has 2 N–H and O–H groups in total. The number of para-hydroxylation sites is 1. The van der Waals surface area contributed by atoms with Gasteiger partial charge in [0.25, 0.3) is 0 Å². The molecule has 2 nitrogen and oxygen atoms in total. The Morgan fingerprint density at radius 3 is 1.97 bits per heavy atom. The van der Waals surface area contributed by atoms with E-state index in [-0.39, 0.29) is 5.41 Å². The second-order valence-corrected chi connectivity index (χ2v) is 16.4. The lowest BCUT2D eigenvalue weighted by Crippen LogP contribution is -2.16. The fourth-order valence-corrected chi connectivity index (χ4v) is 9.27. The molecule has 1 atom stereocenters. The quantitative estimate of drug-likeness (QED) is 0.162. The van der Waals surface area contributed by atoms with Gasteiger partial charge < -0.3 is 10.6 Å². The van der Waals surface area contributed by atoms with Crippen molar-refractivity contribution in [2.45, 2.75) is 32.6 Å². The Kier molecular flexibility index (Phi) is 8.91.